The number of hydrogen-bond acceptors (Lipinski definition) is 5. The summed E-state index contributed by atoms with van der Waals surface area (Å²) in [6, 6.07) is 5.78. The third kappa shape index (κ3) is 4.41. The Labute approximate surface area is 132 Å². The number of amides is 1. The molecule has 8 nitrogen and oxygen atoms in total. The molecule has 0 atom stereocenters. The monoisotopic (exact) mass is 322 g/mol. The van der Waals surface area contributed by atoms with Gasteiger partial charge in [0, 0.05) is 6.07 Å². The summed E-state index contributed by atoms with van der Waals surface area (Å²) in [5.41, 5.74) is -0.962. The first kappa shape index (κ1) is 16.7. The van der Waals surface area contributed by atoms with Gasteiger partial charge in [0.25, 0.3) is 5.91 Å². The van der Waals surface area contributed by atoms with E-state index in [0.717, 1.165) is 12.8 Å². The molecule has 0 bridgehead atoms. The van der Waals surface area contributed by atoms with Gasteiger partial charge >= 0.3 is 11.7 Å². The first-order chi connectivity index (χ1) is 10.9. The Balaban J connectivity index is 1.97. The third-order valence-corrected chi connectivity index (χ3v) is 3.88. The molecule has 1 saturated carbocycles. The van der Waals surface area contributed by atoms with Gasteiger partial charge in [0.05, 0.1) is 16.9 Å². The summed E-state index contributed by atoms with van der Waals surface area (Å²) in [6.07, 6.45) is 2.80. The van der Waals surface area contributed by atoms with Crippen LogP contribution in [0.3, 0.4) is 0 Å². The topological polar surface area (TPSA) is 119 Å². The number of nitrogens with one attached hydrogen (secondary N) is 1. The van der Waals surface area contributed by atoms with Gasteiger partial charge in [-0.3, -0.25) is 19.7 Å². The van der Waals surface area contributed by atoms with Gasteiger partial charge in [0.15, 0.2) is 12.4 Å². The van der Waals surface area contributed by atoms with Crippen molar-refractivity contribution in [3.8, 4) is 5.75 Å². The molecule has 2 N–H and O–H groups in total. The second-order valence-corrected chi connectivity index (χ2v) is 5.62. The third-order valence-electron chi connectivity index (χ3n) is 3.88. The van der Waals surface area contributed by atoms with Gasteiger partial charge in [-0.2, -0.15) is 0 Å². The molecular weight excluding hydrogens is 304 g/mol. The highest BCUT2D eigenvalue weighted by Crippen LogP contribution is 2.32. The van der Waals surface area contributed by atoms with Crippen LogP contribution in [0.15, 0.2) is 24.3 Å². The number of nitro groups is 1. The summed E-state index contributed by atoms with van der Waals surface area (Å²) < 4.78 is 5.22. The van der Waals surface area contributed by atoms with E-state index in [1.54, 1.807) is 6.07 Å². The Hall–Kier alpha value is -2.64. The Morgan fingerprint density at radius 3 is 2.57 bits per heavy atom. The van der Waals surface area contributed by atoms with Crippen molar-refractivity contribution in [2.24, 2.45) is 0 Å². The van der Waals surface area contributed by atoms with Gasteiger partial charge in [-0.15, -0.1) is 0 Å². The minimum atomic E-state index is -0.966. The largest absolute Gasteiger partial charge is 0.481 e. The van der Waals surface area contributed by atoms with Gasteiger partial charge in [-0.25, -0.2) is 0 Å². The van der Waals surface area contributed by atoms with E-state index in [1.807, 2.05) is 0 Å². The molecular formula is C15H18N2O6. The van der Waals surface area contributed by atoms with Gasteiger partial charge < -0.3 is 15.2 Å². The molecule has 2 rings (SSSR count). The molecule has 1 aliphatic rings. The van der Waals surface area contributed by atoms with Crippen LogP contribution in [0.5, 0.6) is 5.75 Å². The Morgan fingerprint density at radius 2 is 1.96 bits per heavy atom. The lowest BCUT2D eigenvalue weighted by atomic mass is 9.93. The standard InChI is InChI=1S/C15H18N2O6/c18-13(16-15(9-14(19)20)7-3-4-8-15)10-23-12-6-2-1-5-11(12)17(21)22/h1-2,5-6H,3-4,7-10H2,(H,16,18)(H,19,20). The van der Waals surface area contributed by atoms with E-state index in [9.17, 15) is 19.7 Å². The maximum atomic E-state index is 12.0. The Morgan fingerprint density at radius 1 is 1.30 bits per heavy atom. The summed E-state index contributed by atoms with van der Waals surface area (Å²) >= 11 is 0. The SMILES string of the molecule is O=C(O)CC1(NC(=O)COc2ccccc2[N+](=O)[O-])CCCC1. The lowest BCUT2D eigenvalue weighted by Gasteiger charge is -2.28. The van der Waals surface area contributed by atoms with Crippen LogP contribution in [-0.2, 0) is 9.59 Å². The molecule has 23 heavy (non-hydrogen) atoms. The number of carbonyl (C=O) groups is 2. The number of nitrogens with zero attached hydrogens (tertiary/aromatic N) is 1. The van der Waals surface area contributed by atoms with Crippen LogP contribution in [0.25, 0.3) is 0 Å². The molecule has 0 aliphatic heterocycles. The zero-order valence-corrected chi connectivity index (χ0v) is 12.5. The highest BCUT2D eigenvalue weighted by Gasteiger charge is 2.37. The van der Waals surface area contributed by atoms with Crippen molar-refractivity contribution >= 4 is 17.6 Å². The van der Waals surface area contributed by atoms with Gasteiger partial charge in [0.2, 0.25) is 0 Å². The lowest BCUT2D eigenvalue weighted by Crippen LogP contribution is -2.49. The van der Waals surface area contributed by atoms with Crippen molar-refractivity contribution in [2.75, 3.05) is 6.61 Å². The van der Waals surface area contributed by atoms with E-state index in [2.05, 4.69) is 5.32 Å². The predicted octanol–water partition coefficient (Wildman–Crippen LogP) is 1.88. The van der Waals surface area contributed by atoms with E-state index in [1.165, 1.54) is 18.2 Å². The van der Waals surface area contributed by atoms with Crippen LogP contribution < -0.4 is 10.1 Å². The number of rotatable bonds is 7. The van der Waals surface area contributed by atoms with Crippen molar-refractivity contribution in [3.63, 3.8) is 0 Å². The molecule has 0 heterocycles. The van der Waals surface area contributed by atoms with Crippen LogP contribution in [0.4, 0.5) is 5.69 Å². The quantitative estimate of drug-likeness (QED) is 0.584. The smallest absolute Gasteiger partial charge is 0.310 e. The average Bonchev–Trinajstić information content (AvgIpc) is 2.92. The summed E-state index contributed by atoms with van der Waals surface area (Å²) in [6.45, 7) is -0.397. The second kappa shape index (κ2) is 7.08. The number of carbonyl (C=O) groups excluding carboxylic acids is 1. The molecule has 8 heteroatoms. The number of ether oxygens (including phenoxy) is 1. The number of aliphatic carboxylic acids is 1. The first-order valence-corrected chi connectivity index (χ1v) is 7.31. The maximum Gasteiger partial charge on any atom is 0.310 e. The van der Waals surface area contributed by atoms with Crippen LogP contribution in [-0.4, -0.2) is 34.1 Å². The van der Waals surface area contributed by atoms with Crippen molar-refractivity contribution < 1.29 is 24.4 Å². The fourth-order valence-corrected chi connectivity index (χ4v) is 2.89. The predicted molar refractivity (Wildman–Crippen MR) is 80.2 cm³/mol. The zero-order chi connectivity index (χ0) is 16.9. The minimum absolute atomic E-state index is 0.00589. The molecule has 0 aromatic heterocycles. The number of para-hydroxylation sites is 2. The van der Waals surface area contributed by atoms with Crippen LogP contribution >= 0.6 is 0 Å². The number of carboxylic acids is 1. The maximum absolute atomic E-state index is 12.0. The minimum Gasteiger partial charge on any atom is -0.481 e. The van der Waals surface area contributed by atoms with E-state index in [0.29, 0.717) is 12.8 Å². The average molecular weight is 322 g/mol. The van der Waals surface area contributed by atoms with E-state index >= 15 is 0 Å². The molecule has 0 radical (unpaired) electrons. The Bertz CT molecular complexity index is 610. The zero-order valence-electron chi connectivity index (χ0n) is 12.5. The molecule has 124 valence electrons. The van der Waals surface area contributed by atoms with Crippen LogP contribution in [0.1, 0.15) is 32.1 Å². The Kier molecular flexibility index (Phi) is 5.15. The normalized spacial score (nSPS) is 15.8. The molecule has 1 aromatic carbocycles. The van der Waals surface area contributed by atoms with Crippen LogP contribution in [0.2, 0.25) is 0 Å². The van der Waals surface area contributed by atoms with E-state index in [4.69, 9.17) is 9.84 Å². The molecule has 0 spiro atoms. The highest BCUT2D eigenvalue weighted by atomic mass is 16.6. The van der Waals surface area contributed by atoms with E-state index in [-0.39, 0.29) is 17.9 Å². The van der Waals surface area contributed by atoms with Crippen molar-refractivity contribution in [1.82, 2.24) is 5.32 Å². The second-order valence-electron chi connectivity index (χ2n) is 5.62. The number of benzene rings is 1. The van der Waals surface area contributed by atoms with Crippen LogP contribution in [0, 0.1) is 10.1 Å². The lowest BCUT2D eigenvalue weighted by molar-refractivity contribution is -0.385. The van der Waals surface area contributed by atoms with Gasteiger partial charge in [-0.1, -0.05) is 25.0 Å². The molecule has 1 amide bonds. The van der Waals surface area contributed by atoms with Gasteiger partial charge in [-0.05, 0) is 18.9 Å². The summed E-state index contributed by atoms with van der Waals surface area (Å²) in [7, 11) is 0. The fourth-order valence-electron chi connectivity index (χ4n) is 2.89. The number of nitro benzene ring substituents is 1. The fraction of sp³-hybridized carbons (Fsp3) is 0.467. The summed E-state index contributed by atoms with van der Waals surface area (Å²) in [4.78, 5) is 33.3. The number of carboxylic acid groups (broad SMARTS) is 1. The molecule has 0 unspecified atom stereocenters. The number of hydrogen-bond donors (Lipinski definition) is 2. The molecule has 0 saturated heterocycles. The van der Waals surface area contributed by atoms with E-state index < -0.39 is 28.9 Å². The van der Waals surface area contributed by atoms with Crippen molar-refractivity contribution in [2.45, 2.75) is 37.6 Å². The summed E-state index contributed by atoms with van der Waals surface area (Å²) in [5.74, 6) is -1.44. The molecule has 1 aromatic rings. The first-order valence-electron chi connectivity index (χ1n) is 7.31. The van der Waals surface area contributed by atoms with Crippen molar-refractivity contribution in [3.05, 3.63) is 34.4 Å². The molecule has 1 fully saturated rings. The van der Waals surface area contributed by atoms with Crippen molar-refractivity contribution in [1.29, 1.82) is 0 Å². The highest BCUT2D eigenvalue weighted by molar-refractivity contribution is 5.80. The molecule has 1 aliphatic carbocycles. The van der Waals surface area contributed by atoms with Gasteiger partial charge in [0.1, 0.15) is 0 Å². The summed E-state index contributed by atoms with van der Waals surface area (Å²) in [5, 5.41) is 22.6.